The van der Waals surface area contributed by atoms with Gasteiger partial charge in [-0.25, -0.2) is 0 Å². The fraction of sp³-hybridized carbons (Fsp3) is 0.381. The number of likely N-dealkylation sites (N-methyl/N-ethyl adjacent to an activating group) is 1. The molecule has 2 aromatic carbocycles. The number of amides is 1. The summed E-state index contributed by atoms with van der Waals surface area (Å²) in [7, 11) is 2.80. The largest absolute Gasteiger partial charge is 0.493 e. The lowest BCUT2D eigenvalue weighted by molar-refractivity contribution is -0.385. The summed E-state index contributed by atoms with van der Waals surface area (Å²) in [4.78, 5) is 25.9. The Labute approximate surface area is 170 Å². The third kappa shape index (κ3) is 5.23. The number of ether oxygens (including phenoxy) is 2. The molecule has 0 saturated carbocycles. The van der Waals surface area contributed by atoms with Gasteiger partial charge in [-0.1, -0.05) is 44.2 Å². The van der Waals surface area contributed by atoms with E-state index in [1.54, 1.807) is 0 Å². The van der Waals surface area contributed by atoms with Gasteiger partial charge in [0, 0.05) is 12.6 Å². The number of rotatable bonds is 10. The summed E-state index contributed by atoms with van der Waals surface area (Å²) in [6.45, 7) is 6.04. The number of methoxy groups -OCH3 is 2. The van der Waals surface area contributed by atoms with Crippen LogP contribution in [0.3, 0.4) is 0 Å². The van der Waals surface area contributed by atoms with Crippen molar-refractivity contribution >= 4 is 11.6 Å². The average molecular weight is 401 g/mol. The summed E-state index contributed by atoms with van der Waals surface area (Å²) < 4.78 is 10.3. The zero-order valence-corrected chi connectivity index (χ0v) is 17.2. The van der Waals surface area contributed by atoms with Gasteiger partial charge in [-0.2, -0.15) is 0 Å². The number of nitro benzene ring substituents is 1. The molecular weight excluding hydrogens is 374 g/mol. The van der Waals surface area contributed by atoms with Crippen molar-refractivity contribution in [3.63, 3.8) is 0 Å². The van der Waals surface area contributed by atoms with E-state index >= 15 is 0 Å². The number of carbonyl (C=O) groups is 1. The highest BCUT2D eigenvalue weighted by Gasteiger charge is 2.26. The van der Waals surface area contributed by atoms with Crippen LogP contribution in [-0.4, -0.2) is 49.6 Å². The topological polar surface area (TPSA) is 93.9 Å². The van der Waals surface area contributed by atoms with E-state index in [4.69, 9.17) is 9.47 Å². The van der Waals surface area contributed by atoms with Gasteiger partial charge in [-0.05, 0) is 18.7 Å². The predicted molar refractivity (Wildman–Crippen MR) is 111 cm³/mol. The Balaban J connectivity index is 2.31. The monoisotopic (exact) mass is 401 g/mol. The Morgan fingerprint density at radius 3 is 2.21 bits per heavy atom. The van der Waals surface area contributed by atoms with Crippen molar-refractivity contribution in [3.05, 3.63) is 63.7 Å². The first-order valence-electron chi connectivity index (χ1n) is 9.44. The van der Waals surface area contributed by atoms with Crippen LogP contribution in [0.15, 0.2) is 42.5 Å². The number of hydrogen-bond donors (Lipinski definition) is 1. The van der Waals surface area contributed by atoms with Crippen LogP contribution < -0.4 is 14.8 Å². The molecule has 1 N–H and O–H groups in total. The molecule has 1 atom stereocenters. The van der Waals surface area contributed by atoms with Gasteiger partial charge < -0.3 is 14.8 Å². The van der Waals surface area contributed by atoms with Crippen molar-refractivity contribution in [2.24, 2.45) is 0 Å². The number of nitro groups is 1. The van der Waals surface area contributed by atoms with Crippen LogP contribution in [0.5, 0.6) is 11.5 Å². The van der Waals surface area contributed by atoms with E-state index in [1.165, 1.54) is 26.4 Å². The molecule has 0 aliphatic carbocycles. The van der Waals surface area contributed by atoms with Gasteiger partial charge in [-0.15, -0.1) is 0 Å². The number of hydrogen-bond acceptors (Lipinski definition) is 6. The third-order valence-electron chi connectivity index (χ3n) is 4.84. The van der Waals surface area contributed by atoms with Crippen LogP contribution in [0.2, 0.25) is 0 Å². The second-order valence-electron chi connectivity index (χ2n) is 6.34. The highest BCUT2D eigenvalue weighted by atomic mass is 16.6. The minimum absolute atomic E-state index is 0.0469. The molecule has 0 fully saturated rings. The summed E-state index contributed by atoms with van der Waals surface area (Å²) in [5, 5.41) is 14.3. The number of nitrogens with one attached hydrogen (secondary N) is 1. The van der Waals surface area contributed by atoms with Crippen molar-refractivity contribution in [3.8, 4) is 11.5 Å². The Bertz CT molecular complexity index is 838. The van der Waals surface area contributed by atoms with E-state index in [0.717, 1.165) is 18.7 Å². The van der Waals surface area contributed by atoms with Gasteiger partial charge in [0.1, 0.15) is 5.56 Å². The molecule has 0 spiro atoms. The van der Waals surface area contributed by atoms with Gasteiger partial charge in [0.2, 0.25) is 0 Å². The fourth-order valence-corrected chi connectivity index (χ4v) is 3.28. The Morgan fingerprint density at radius 2 is 1.69 bits per heavy atom. The van der Waals surface area contributed by atoms with E-state index in [9.17, 15) is 14.9 Å². The summed E-state index contributed by atoms with van der Waals surface area (Å²) in [6, 6.07) is 12.3. The molecule has 0 heterocycles. The molecule has 0 radical (unpaired) electrons. The van der Waals surface area contributed by atoms with Crippen LogP contribution in [0.1, 0.15) is 35.8 Å². The van der Waals surface area contributed by atoms with Crippen molar-refractivity contribution in [1.82, 2.24) is 10.2 Å². The maximum absolute atomic E-state index is 12.8. The van der Waals surface area contributed by atoms with Gasteiger partial charge >= 0.3 is 0 Å². The van der Waals surface area contributed by atoms with Crippen LogP contribution >= 0.6 is 0 Å². The fourth-order valence-electron chi connectivity index (χ4n) is 3.28. The molecule has 0 saturated heterocycles. The summed E-state index contributed by atoms with van der Waals surface area (Å²) in [6.07, 6.45) is 0. The van der Waals surface area contributed by atoms with Crippen molar-refractivity contribution in [2.45, 2.75) is 19.9 Å². The van der Waals surface area contributed by atoms with E-state index in [-0.39, 0.29) is 28.8 Å². The third-order valence-corrected chi connectivity index (χ3v) is 4.84. The van der Waals surface area contributed by atoms with E-state index < -0.39 is 10.8 Å². The normalized spacial score (nSPS) is 11.8. The molecule has 2 rings (SSSR count). The zero-order chi connectivity index (χ0) is 21.4. The maximum atomic E-state index is 12.8. The average Bonchev–Trinajstić information content (AvgIpc) is 2.75. The Morgan fingerprint density at radius 1 is 1.10 bits per heavy atom. The van der Waals surface area contributed by atoms with E-state index in [0.29, 0.717) is 6.54 Å². The lowest BCUT2D eigenvalue weighted by Gasteiger charge is -2.30. The van der Waals surface area contributed by atoms with Gasteiger partial charge in [0.05, 0.1) is 31.3 Å². The predicted octanol–water partition coefficient (Wildman–Crippen LogP) is 3.42. The molecule has 8 heteroatoms. The molecule has 0 bridgehead atoms. The molecule has 8 nitrogen and oxygen atoms in total. The highest BCUT2D eigenvalue weighted by Crippen LogP contribution is 2.34. The molecule has 0 aliphatic heterocycles. The molecular formula is C21H27N3O5. The maximum Gasteiger partial charge on any atom is 0.286 e. The van der Waals surface area contributed by atoms with E-state index in [1.807, 2.05) is 30.3 Å². The van der Waals surface area contributed by atoms with Crippen molar-refractivity contribution in [1.29, 1.82) is 0 Å². The zero-order valence-electron chi connectivity index (χ0n) is 17.2. The van der Waals surface area contributed by atoms with Gasteiger partial charge in [-0.3, -0.25) is 19.8 Å². The summed E-state index contributed by atoms with van der Waals surface area (Å²) >= 11 is 0. The van der Waals surface area contributed by atoms with Crippen LogP contribution in [0, 0.1) is 10.1 Å². The van der Waals surface area contributed by atoms with Gasteiger partial charge in [0.25, 0.3) is 11.6 Å². The highest BCUT2D eigenvalue weighted by molar-refractivity contribution is 5.99. The SMILES string of the molecule is CCN(CC)C(CNC(=O)c1cc(OC)c(OC)cc1[N+](=O)[O-])c1ccccc1. The summed E-state index contributed by atoms with van der Waals surface area (Å²) in [5.74, 6) is -0.0848. The minimum atomic E-state index is -0.601. The second-order valence-corrected chi connectivity index (χ2v) is 6.34. The minimum Gasteiger partial charge on any atom is -0.493 e. The quantitative estimate of drug-likeness (QED) is 0.484. The first-order valence-corrected chi connectivity index (χ1v) is 9.44. The molecule has 2 aromatic rings. The molecule has 156 valence electrons. The first-order chi connectivity index (χ1) is 14.0. The lowest BCUT2D eigenvalue weighted by atomic mass is 10.0. The second kappa shape index (κ2) is 10.4. The number of benzene rings is 2. The van der Waals surface area contributed by atoms with Crippen LogP contribution in [0.4, 0.5) is 5.69 Å². The molecule has 1 unspecified atom stereocenters. The van der Waals surface area contributed by atoms with Crippen LogP contribution in [-0.2, 0) is 0 Å². The smallest absolute Gasteiger partial charge is 0.286 e. The first kappa shape index (κ1) is 22.2. The summed E-state index contributed by atoms with van der Waals surface area (Å²) in [5.41, 5.74) is 0.663. The molecule has 0 aromatic heterocycles. The van der Waals surface area contributed by atoms with Crippen molar-refractivity contribution < 1.29 is 19.2 Å². The molecule has 29 heavy (non-hydrogen) atoms. The lowest BCUT2D eigenvalue weighted by Crippen LogP contribution is -2.38. The number of nitrogens with zero attached hydrogens (tertiary/aromatic N) is 2. The van der Waals surface area contributed by atoms with Gasteiger partial charge in [0.15, 0.2) is 11.5 Å². The number of carbonyl (C=O) groups excluding carboxylic acids is 1. The van der Waals surface area contributed by atoms with Crippen LogP contribution in [0.25, 0.3) is 0 Å². The standard InChI is InChI=1S/C21H27N3O5/c1-5-23(6-2)18(15-10-8-7-9-11-15)14-22-21(25)16-12-19(28-3)20(29-4)13-17(16)24(26)27/h7-13,18H,5-6,14H2,1-4H3,(H,22,25). The Kier molecular flexibility index (Phi) is 7.97. The Hall–Kier alpha value is -3.13. The van der Waals surface area contributed by atoms with Crippen molar-refractivity contribution in [2.75, 3.05) is 33.9 Å². The molecule has 0 aliphatic rings. The van der Waals surface area contributed by atoms with E-state index in [2.05, 4.69) is 24.1 Å². The molecule has 1 amide bonds.